The van der Waals surface area contributed by atoms with E-state index in [-0.39, 0.29) is 18.3 Å². The molecule has 0 saturated heterocycles. The maximum absolute atomic E-state index is 14.2. The van der Waals surface area contributed by atoms with Gasteiger partial charge in [0.05, 0.1) is 0 Å². The third-order valence-corrected chi connectivity index (χ3v) is 5.10. The molecule has 0 spiro atoms. The Morgan fingerprint density at radius 2 is 1.89 bits per heavy atom. The van der Waals surface area contributed by atoms with E-state index < -0.39 is 5.60 Å². The predicted octanol–water partition coefficient (Wildman–Crippen LogP) is 3.01. The van der Waals surface area contributed by atoms with E-state index in [1.54, 1.807) is 47.4 Å². The molecular formula is C21H20FN3O2. The summed E-state index contributed by atoms with van der Waals surface area (Å²) in [4.78, 5) is 14.6. The fraction of sp³-hybridized carbons (Fsp3) is 0.238. The highest BCUT2D eigenvalue weighted by molar-refractivity contribution is 5.86. The van der Waals surface area contributed by atoms with Crippen molar-refractivity contribution in [3.8, 4) is 11.3 Å². The van der Waals surface area contributed by atoms with Crippen molar-refractivity contribution >= 4 is 5.91 Å². The molecule has 2 N–H and O–H groups in total. The molecule has 1 aliphatic rings. The smallest absolute Gasteiger partial charge is 0.259 e. The van der Waals surface area contributed by atoms with Crippen molar-refractivity contribution in [1.29, 1.82) is 0 Å². The number of hydrogen-bond acceptors (Lipinski definition) is 3. The van der Waals surface area contributed by atoms with Crippen LogP contribution in [-0.4, -0.2) is 32.7 Å². The molecule has 138 valence electrons. The van der Waals surface area contributed by atoms with Gasteiger partial charge in [0.25, 0.3) is 5.91 Å². The summed E-state index contributed by atoms with van der Waals surface area (Å²) < 4.78 is 14.2. The fourth-order valence-corrected chi connectivity index (χ4v) is 3.54. The molecule has 1 amide bonds. The first-order valence-electron chi connectivity index (χ1n) is 8.87. The summed E-state index contributed by atoms with van der Waals surface area (Å²) in [6, 6.07) is 15.3. The number of aromatic nitrogens is 2. The quantitative estimate of drug-likeness (QED) is 0.750. The lowest BCUT2D eigenvalue weighted by Gasteiger charge is -2.33. The Labute approximate surface area is 156 Å². The first kappa shape index (κ1) is 17.4. The maximum atomic E-state index is 14.2. The summed E-state index contributed by atoms with van der Waals surface area (Å²) in [5.41, 5.74) is 1.53. The van der Waals surface area contributed by atoms with Gasteiger partial charge in [0, 0.05) is 36.3 Å². The largest absolute Gasteiger partial charge is 0.376 e. The Bertz CT molecular complexity index is 982. The van der Waals surface area contributed by atoms with Gasteiger partial charge in [-0.15, -0.1) is 0 Å². The number of halogens is 1. The van der Waals surface area contributed by atoms with Crippen LogP contribution in [0, 0.1) is 5.82 Å². The number of amides is 1. The number of rotatable bonds is 3. The van der Waals surface area contributed by atoms with Gasteiger partial charge in [-0.3, -0.25) is 9.89 Å². The fourth-order valence-electron chi connectivity index (χ4n) is 3.54. The molecule has 1 aliphatic heterocycles. The van der Waals surface area contributed by atoms with Crippen molar-refractivity contribution in [3.63, 3.8) is 0 Å². The van der Waals surface area contributed by atoms with E-state index in [1.807, 2.05) is 6.07 Å². The van der Waals surface area contributed by atoms with Crippen LogP contribution in [0.2, 0.25) is 0 Å². The molecule has 2 heterocycles. The maximum Gasteiger partial charge on any atom is 0.259 e. The zero-order chi connectivity index (χ0) is 19.0. The minimum atomic E-state index is -1.62. The Kier molecular flexibility index (Phi) is 4.28. The Morgan fingerprint density at radius 3 is 2.63 bits per heavy atom. The van der Waals surface area contributed by atoms with Gasteiger partial charge in [-0.05, 0) is 24.6 Å². The van der Waals surface area contributed by atoms with E-state index in [2.05, 4.69) is 10.2 Å². The summed E-state index contributed by atoms with van der Waals surface area (Å²) in [7, 11) is 0. The standard InChI is InChI=1S/C21H20FN3O2/c1-21(27,14-7-3-2-4-8-14)20(26)25-12-11-18-16(13-25)19(24-23-18)15-9-5-6-10-17(15)22/h2-10,27H,11-13H2,1H3,(H,23,24)/t21-/m0/s1. The lowest BCUT2D eigenvalue weighted by Crippen LogP contribution is -2.47. The van der Waals surface area contributed by atoms with Crippen molar-refractivity contribution in [2.75, 3.05) is 6.54 Å². The van der Waals surface area contributed by atoms with Gasteiger partial charge in [-0.25, -0.2) is 4.39 Å². The molecule has 27 heavy (non-hydrogen) atoms. The first-order valence-corrected chi connectivity index (χ1v) is 8.87. The zero-order valence-corrected chi connectivity index (χ0v) is 14.9. The molecule has 0 unspecified atom stereocenters. The first-order chi connectivity index (χ1) is 13.0. The summed E-state index contributed by atoms with van der Waals surface area (Å²) in [6.07, 6.45) is 0.577. The number of carbonyl (C=O) groups excluding carboxylic acids is 1. The van der Waals surface area contributed by atoms with E-state index in [0.717, 1.165) is 11.3 Å². The number of nitrogens with zero attached hydrogens (tertiary/aromatic N) is 2. The predicted molar refractivity (Wildman–Crippen MR) is 99.1 cm³/mol. The highest BCUT2D eigenvalue weighted by atomic mass is 19.1. The topological polar surface area (TPSA) is 69.2 Å². The van der Waals surface area contributed by atoms with Gasteiger partial charge in [0.15, 0.2) is 5.60 Å². The minimum absolute atomic E-state index is 0.275. The van der Waals surface area contributed by atoms with Crippen LogP contribution in [0.1, 0.15) is 23.7 Å². The Balaban J connectivity index is 1.65. The van der Waals surface area contributed by atoms with E-state index in [1.165, 1.54) is 13.0 Å². The summed E-state index contributed by atoms with van der Waals surface area (Å²) >= 11 is 0. The lowest BCUT2D eigenvalue weighted by molar-refractivity contribution is -0.151. The second kappa shape index (κ2) is 6.63. The van der Waals surface area contributed by atoms with Crippen molar-refractivity contribution < 1.29 is 14.3 Å². The SMILES string of the molecule is C[C@@](O)(C(=O)N1CCc2[nH]nc(-c3ccccc3F)c2C1)c1ccccc1. The second-order valence-corrected chi connectivity index (χ2v) is 6.92. The molecular weight excluding hydrogens is 345 g/mol. The number of benzene rings is 2. The van der Waals surface area contributed by atoms with Crippen LogP contribution in [0.25, 0.3) is 11.3 Å². The molecule has 0 aliphatic carbocycles. The number of carbonyl (C=O) groups is 1. The van der Waals surface area contributed by atoms with E-state index in [4.69, 9.17) is 0 Å². The van der Waals surface area contributed by atoms with Crippen molar-refractivity contribution in [2.45, 2.75) is 25.5 Å². The highest BCUT2D eigenvalue weighted by Crippen LogP contribution is 2.32. The third-order valence-electron chi connectivity index (χ3n) is 5.10. The van der Waals surface area contributed by atoms with Crippen molar-refractivity contribution in [2.24, 2.45) is 0 Å². The number of aliphatic hydroxyl groups is 1. The van der Waals surface area contributed by atoms with Gasteiger partial charge in [0.1, 0.15) is 11.5 Å². The third kappa shape index (κ3) is 3.02. The van der Waals surface area contributed by atoms with Gasteiger partial charge in [-0.1, -0.05) is 42.5 Å². The summed E-state index contributed by atoms with van der Waals surface area (Å²) in [5, 5.41) is 18.1. The number of aromatic amines is 1. The molecule has 4 rings (SSSR count). The van der Waals surface area contributed by atoms with Crippen LogP contribution in [-0.2, 0) is 23.4 Å². The molecule has 0 bridgehead atoms. The van der Waals surface area contributed by atoms with Gasteiger partial charge < -0.3 is 10.0 Å². The number of hydrogen-bond donors (Lipinski definition) is 2. The molecule has 6 heteroatoms. The van der Waals surface area contributed by atoms with E-state index >= 15 is 0 Å². The molecule has 1 aromatic heterocycles. The molecule has 3 aromatic rings. The minimum Gasteiger partial charge on any atom is -0.376 e. The molecule has 0 radical (unpaired) electrons. The van der Waals surface area contributed by atoms with Crippen LogP contribution in [0.4, 0.5) is 4.39 Å². The molecule has 2 aromatic carbocycles. The van der Waals surface area contributed by atoms with Gasteiger partial charge in [0.2, 0.25) is 0 Å². The Morgan fingerprint density at radius 1 is 1.19 bits per heavy atom. The number of nitrogens with one attached hydrogen (secondary N) is 1. The average Bonchev–Trinajstić information content (AvgIpc) is 3.11. The molecule has 1 atom stereocenters. The second-order valence-electron chi connectivity index (χ2n) is 6.92. The van der Waals surface area contributed by atoms with Crippen LogP contribution >= 0.6 is 0 Å². The van der Waals surface area contributed by atoms with Crippen molar-refractivity contribution in [1.82, 2.24) is 15.1 Å². The molecule has 0 fully saturated rings. The van der Waals surface area contributed by atoms with Crippen molar-refractivity contribution in [3.05, 3.63) is 77.2 Å². The lowest BCUT2D eigenvalue weighted by atomic mass is 9.92. The average molecular weight is 365 g/mol. The van der Waals surface area contributed by atoms with Gasteiger partial charge in [-0.2, -0.15) is 5.10 Å². The summed E-state index contributed by atoms with van der Waals surface area (Å²) in [5.74, 6) is -0.730. The number of H-pyrrole nitrogens is 1. The van der Waals surface area contributed by atoms with Crippen LogP contribution in [0.15, 0.2) is 54.6 Å². The van der Waals surface area contributed by atoms with Crippen LogP contribution in [0.3, 0.4) is 0 Å². The zero-order valence-electron chi connectivity index (χ0n) is 14.9. The highest BCUT2D eigenvalue weighted by Gasteiger charge is 2.38. The molecule has 0 saturated carbocycles. The van der Waals surface area contributed by atoms with E-state index in [9.17, 15) is 14.3 Å². The van der Waals surface area contributed by atoms with Gasteiger partial charge >= 0.3 is 0 Å². The van der Waals surface area contributed by atoms with E-state index in [0.29, 0.717) is 29.8 Å². The normalized spacial score (nSPS) is 15.9. The van der Waals surface area contributed by atoms with Crippen LogP contribution < -0.4 is 0 Å². The summed E-state index contributed by atoms with van der Waals surface area (Å²) in [6.45, 7) is 2.25. The number of fused-ring (bicyclic) bond motifs is 1. The Hall–Kier alpha value is -2.99. The molecule has 5 nitrogen and oxygen atoms in total. The monoisotopic (exact) mass is 365 g/mol. The van der Waals surface area contributed by atoms with Crippen LogP contribution in [0.5, 0.6) is 0 Å².